The molecule has 1 fully saturated rings. The maximum absolute atomic E-state index is 12.2. The summed E-state index contributed by atoms with van der Waals surface area (Å²) in [4.78, 5) is 0. The van der Waals surface area contributed by atoms with Gasteiger partial charge in [-0.3, -0.25) is 0 Å². The quantitative estimate of drug-likeness (QED) is 0.505. The van der Waals surface area contributed by atoms with Gasteiger partial charge in [-0.05, 0) is 12.8 Å². The predicted octanol–water partition coefficient (Wildman–Crippen LogP) is 2.30. The van der Waals surface area contributed by atoms with Crippen LogP contribution >= 0.6 is 0 Å². The summed E-state index contributed by atoms with van der Waals surface area (Å²) in [5.41, 5.74) is 0. The molecule has 0 amide bonds. The van der Waals surface area contributed by atoms with Crippen LogP contribution in [0.25, 0.3) is 0 Å². The molecule has 1 aliphatic rings. The molecule has 0 spiro atoms. The number of unbranched alkanes of at least 4 members (excludes halogenated alkanes) is 1. The molecule has 3 heteroatoms. The SMILES string of the molecule is CCCCC1C[N+]([O-])(CCC)CCO1. The van der Waals surface area contributed by atoms with Gasteiger partial charge in [-0.15, -0.1) is 0 Å². The number of hydrogen-bond acceptors (Lipinski definition) is 2. The van der Waals surface area contributed by atoms with Gasteiger partial charge in [-0.25, -0.2) is 0 Å². The zero-order valence-electron chi connectivity index (χ0n) is 9.50. The van der Waals surface area contributed by atoms with Crippen LogP contribution in [0.4, 0.5) is 0 Å². The Morgan fingerprint density at radius 1 is 1.36 bits per heavy atom. The standard InChI is InChI=1S/C11H23NO2/c1-3-5-6-11-10-12(13,7-4-2)8-9-14-11/h11H,3-10H2,1-2H3. The average Bonchev–Trinajstić information content (AvgIpc) is 2.15. The molecule has 1 aliphatic heterocycles. The minimum atomic E-state index is -0.0229. The van der Waals surface area contributed by atoms with Crippen LogP contribution in [0.2, 0.25) is 0 Å². The van der Waals surface area contributed by atoms with Gasteiger partial charge in [0.1, 0.15) is 19.2 Å². The van der Waals surface area contributed by atoms with Gasteiger partial charge >= 0.3 is 0 Å². The van der Waals surface area contributed by atoms with Crippen molar-refractivity contribution in [1.29, 1.82) is 0 Å². The summed E-state index contributed by atoms with van der Waals surface area (Å²) in [6.07, 6.45) is 4.61. The van der Waals surface area contributed by atoms with Crippen molar-refractivity contribution in [3.05, 3.63) is 5.21 Å². The molecule has 1 rings (SSSR count). The van der Waals surface area contributed by atoms with E-state index in [0.717, 1.165) is 19.4 Å². The van der Waals surface area contributed by atoms with Gasteiger partial charge in [0.2, 0.25) is 0 Å². The summed E-state index contributed by atoms with van der Waals surface area (Å²) in [6.45, 7) is 6.98. The summed E-state index contributed by atoms with van der Waals surface area (Å²) in [5, 5.41) is 12.2. The summed E-state index contributed by atoms with van der Waals surface area (Å²) in [5.74, 6) is 0. The second-order valence-electron chi connectivity index (χ2n) is 4.32. The maximum Gasteiger partial charge on any atom is 0.107 e. The van der Waals surface area contributed by atoms with Crippen molar-refractivity contribution < 1.29 is 9.38 Å². The average molecular weight is 201 g/mol. The van der Waals surface area contributed by atoms with Crippen molar-refractivity contribution in [2.75, 3.05) is 26.2 Å². The number of quaternary nitrogens is 1. The number of ether oxygens (including phenoxy) is 1. The molecule has 0 N–H and O–H groups in total. The van der Waals surface area contributed by atoms with Crippen molar-refractivity contribution in [1.82, 2.24) is 0 Å². The third-order valence-electron chi connectivity index (χ3n) is 2.90. The second-order valence-corrected chi connectivity index (χ2v) is 4.32. The number of nitrogens with zero attached hydrogens (tertiary/aromatic N) is 1. The number of morpholine rings is 1. The van der Waals surface area contributed by atoms with E-state index in [2.05, 4.69) is 13.8 Å². The van der Waals surface area contributed by atoms with Gasteiger partial charge in [0.25, 0.3) is 0 Å². The molecule has 84 valence electrons. The summed E-state index contributed by atoms with van der Waals surface area (Å²) in [6, 6.07) is 0. The third kappa shape index (κ3) is 3.56. The molecule has 0 aromatic heterocycles. The zero-order valence-corrected chi connectivity index (χ0v) is 9.50. The fourth-order valence-electron chi connectivity index (χ4n) is 2.12. The highest BCUT2D eigenvalue weighted by molar-refractivity contribution is 4.63. The van der Waals surface area contributed by atoms with Crippen LogP contribution in [0.1, 0.15) is 39.5 Å². The van der Waals surface area contributed by atoms with E-state index < -0.39 is 0 Å². The van der Waals surface area contributed by atoms with Crippen LogP contribution in [-0.2, 0) is 4.74 Å². The molecule has 0 radical (unpaired) electrons. The van der Waals surface area contributed by atoms with Gasteiger partial charge in [0.05, 0.1) is 13.2 Å². The van der Waals surface area contributed by atoms with Crippen LogP contribution in [0.5, 0.6) is 0 Å². The highest BCUT2D eigenvalue weighted by atomic mass is 16.6. The lowest BCUT2D eigenvalue weighted by Gasteiger charge is -2.47. The first kappa shape index (κ1) is 12.0. The molecule has 1 heterocycles. The van der Waals surface area contributed by atoms with E-state index in [1.807, 2.05) is 0 Å². The Morgan fingerprint density at radius 3 is 2.79 bits per heavy atom. The molecule has 2 atom stereocenters. The van der Waals surface area contributed by atoms with Crippen LogP contribution in [-0.4, -0.2) is 37.0 Å². The van der Waals surface area contributed by atoms with Crippen molar-refractivity contribution in [2.45, 2.75) is 45.6 Å². The molecule has 14 heavy (non-hydrogen) atoms. The third-order valence-corrected chi connectivity index (χ3v) is 2.90. The lowest BCUT2D eigenvalue weighted by atomic mass is 10.1. The van der Waals surface area contributed by atoms with Gasteiger partial charge in [-0.2, -0.15) is 0 Å². The molecule has 0 aliphatic carbocycles. The minimum absolute atomic E-state index is 0.0229. The fraction of sp³-hybridized carbons (Fsp3) is 1.00. The Kier molecular flexibility index (Phi) is 4.85. The normalized spacial score (nSPS) is 33.2. The van der Waals surface area contributed by atoms with E-state index in [4.69, 9.17) is 4.74 Å². The zero-order chi connectivity index (χ0) is 10.4. The van der Waals surface area contributed by atoms with Crippen LogP contribution in [0, 0.1) is 5.21 Å². The Balaban J connectivity index is 2.34. The molecular formula is C11H23NO2. The second kappa shape index (κ2) is 5.69. The fourth-order valence-corrected chi connectivity index (χ4v) is 2.12. The number of rotatable bonds is 5. The molecule has 0 aromatic rings. The van der Waals surface area contributed by atoms with Crippen molar-refractivity contribution in [3.63, 3.8) is 0 Å². The van der Waals surface area contributed by atoms with E-state index in [-0.39, 0.29) is 10.8 Å². The first-order valence-corrected chi connectivity index (χ1v) is 5.89. The smallest absolute Gasteiger partial charge is 0.107 e. The summed E-state index contributed by atoms with van der Waals surface area (Å²) in [7, 11) is 0. The molecule has 2 unspecified atom stereocenters. The predicted molar refractivity (Wildman–Crippen MR) is 57.8 cm³/mol. The molecule has 3 nitrogen and oxygen atoms in total. The Bertz CT molecular complexity index is 159. The molecular weight excluding hydrogens is 178 g/mol. The minimum Gasteiger partial charge on any atom is -0.633 e. The van der Waals surface area contributed by atoms with E-state index >= 15 is 0 Å². The van der Waals surface area contributed by atoms with E-state index in [1.54, 1.807) is 0 Å². The summed E-state index contributed by atoms with van der Waals surface area (Å²) >= 11 is 0. The summed E-state index contributed by atoms with van der Waals surface area (Å²) < 4.78 is 5.58. The van der Waals surface area contributed by atoms with Crippen LogP contribution < -0.4 is 0 Å². The van der Waals surface area contributed by atoms with Gasteiger partial charge < -0.3 is 14.6 Å². The number of hydrogen-bond donors (Lipinski definition) is 0. The monoisotopic (exact) mass is 201 g/mol. The first-order chi connectivity index (χ1) is 6.70. The highest BCUT2D eigenvalue weighted by Crippen LogP contribution is 2.18. The molecule has 0 saturated carbocycles. The topological polar surface area (TPSA) is 32.3 Å². The lowest BCUT2D eigenvalue weighted by Crippen LogP contribution is -2.54. The van der Waals surface area contributed by atoms with Crippen molar-refractivity contribution in [3.8, 4) is 0 Å². The van der Waals surface area contributed by atoms with E-state index in [1.165, 1.54) is 12.8 Å². The van der Waals surface area contributed by atoms with E-state index in [0.29, 0.717) is 19.7 Å². The van der Waals surface area contributed by atoms with Gasteiger partial charge in [-0.1, -0.05) is 26.7 Å². The van der Waals surface area contributed by atoms with Crippen molar-refractivity contribution >= 4 is 0 Å². The highest BCUT2D eigenvalue weighted by Gasteiger charge is 2.27. The van der Waals surface area contributed by atoms with Gasteiger partial charge in [0.15, 0.2) is 0 Å². The maximum atomic E-state index is 12.2. The Labute approximate surface area is 87.2 Å². The van der Waals surface area contributed by atoms with Crippen LogP contribution in [0.15, 0.2) is 0 Å². The molecule has 0 bridgehead atoms. The van der Waals surface area contributed by atoms with Gasteiger partial charge in [0, 0.05) is 0 Å². The van der Waals surface area contributed by atoms with Crippen molar-refractivity contribution in [2.24, 2.45) is 0 Å². The Morgan fingerprint density at radius 2 is 2.14 bits per heavy atom. The Hall–Kier alpha value is -0.120. The van der Waals surface area contributed by atoms with Crippen LogP contribution in [0.3, 0.4) is 0 Å². The molecule has 1 saturated heterocycles. The lowest BCUT2D eigenvalue weighted by molar-refractivity contribution is -0.892. The number of hydroxylamine groups is 3. The first-order valence-electron chi connectivity index (χ1n) is 5.89. The largest absolute Gasteiger partial charge is 0.633 e. The van der Waals surface area contributed by atoms with E-state index in [9.17, 15) is 5.21 Å². The molecule has 0 aromatic carbocycles.